The van der Waals surface area contributed by atoms with E-state index in [1.165, 1.54) is 16.8 Å². The lowest BCUT2D eigenvalue weighted by Gasteiger charge is -2.15. The van der Waals surface area contributed by atoms with Crippen LogP contribution in [0.4, 0.5) is 0 Å². The molecule has 4 heteroatoms. The summed E-state index contributed by atoms with van der Waals surface area (Å²) >= 11 is 3.47. The van der Waals surface area contributed by atoms with E-state index in [0.717, 1.165) is 11.0 Å². The molecule has 0 spiro atoms. The number of nitrogens with zero attached hydrogens (tertiary/aromatic N) is 2. The molecule has 0 aliphatic heterocycles. The number of halogens is 1. The van der Waals surface area contributed by atoms with Gasteiger partial charge in [0.15, 0.2) is 0 Å². The van der Waals surface area contributed by atoms with Crippen molar-refractivity contribution >= 4 is 15.9 Å². The summed E-state index contributed by atoms with van der Waals surface area (Å²) in [5, 5.41) is 8.12. The van der Waals surface area contributed by atoms with Crippen molar-refractivity contribution in [2.24, 2.45) is 7.05 Å². The van der Waals surface area contributed by atoms with E-state index >= 15 is 0 Å². The monoisotopic (exact) mass is 335 g/mol. The maximum Gasteiger partial charge on any atom is 0.0694 e. The normalized spacial score (nSPS) is 12.9. The van der Waals surface area contributed by atoms with Crippen LogP contribution in [0.15, 0.2) is 34.9 Å². The number of aromatic nitrogens is 2. The summed E-state index contributed by atoms with van der Waals surface area (Å²) in [5.74, 6) is 0.455. The molecule has 0 fully saturated rings. The van der Waals surface area contributed by atoms with E-state index in [-0.39, 0.29) is 0 Å². The standard InChI is InChI=1S/C16H22BrN3/c1-11(2)16-14(10-20(4)19-16)9-18-12(3)13-5-7-15(17)8-6-13/h5-8,10-12,18H,9H2,1-4H3. The van der Waals surface area contributed by atoms with Gasteiger partial charge in [-0.05, 0) is 30.5 Å². The minimum atomic E-state index is 0.323. The van der Waals surface area contributed by atoms with E-state index in [0.29, 0.717) is 12.0 Å². The number of benzene rings is 1. The van der Waals surface area contributed by atoms with E-state index < -0.39 is 0 Å². The van der Waals surface area contributed by atoms with Crippen LogP contribution in [0.5, 0.6) is 0 Å². The van der Waals surface area contributed by atoms with Crippen LogP contribution in [0, 0.1) is 0 Å². The quantitative estimate of drug-likeness (QED) is 0.889. The fourth-order valence-corrected chi connectivity index (χ4v) is 2.57. The van der Waals surface area contributed by atoms with Gasteiger partial charge < -0.3 is 5.32 Å². The number of hydrogen-bond acceptors (Lipinski definition) is 2. The maximum absolute atomic E-state index is 4.54. The zero-order valence-electron chi connectivity index (χ0n) is 12.5. The Morgan fingerprint density at radius 3 is 2.45 bits per heavy atom. The van der Waals surface area contributed by atoms with Crippen LogP contribution in [0.3, 0.4) is 0 Å². The van der Waals surface area contributed by atoms with Gasteiger partial charge in [-0.25, -0.2) is 0 Å². The zero-order valence-corrected chi connectivity index (χ0v) is 14.1. The molecule has 1 N–H and O–H groups in total. The molecule has 1 aromatic carbocycles. The molecule has 0 amide bonds. The van der Waals surface area contributed by atoms with Crippen LogP contribution in [-0.4, -0.2) is 9.78 Å². The summed E-state index contributed by atoms with van der Waals surface area (Å²) in [6, 6.07) is 8.78. The number of rotatable bonds is 5. The molecule has 0 aliphatic carbocycles. The smallest absolute Gasteiger partial charge is 0.0694 e. The van der Waals surface area contributed by atoms with Gasteiger partial charge >= 0.3 is 0 Å². The fourth-order valence-electron chi connectivity index (χ4n) is 2.31. The van der Waals surface area contributed by atoms with Crippen molar-refractivity contribution in [1.82, 2.24) is 15.1 Å². The van der Waals surface area contributed by atoms with Crippen molar-refractivity contribution in [2.45, 2.75) is 39.3 Å². The van der Waals surface area contributed by atoms with Crippen molar-refractivity contribution in [1.29, 1.82) is 0 Å². The van der Waals surface area contributed by atoms with E-state index in [1.807, 2.05) is 11.7 Å². The molecule has 0 saturated carbocycles. The van der Waals surface area contributed by atoms with Gasteiger partial charge in [-0.2, -0.15) is 5.10 Å². The van der Waals surface area contributed by atoms with Gasteiger partial charge in [-0.3, -0.25) is 4.68 Å². The average molecular weight is 336 g/mol. The van der Waals surface area contributed by atoms with E-state index in [4.69, 9.17) is 0 Å². The first-order valence-electron chi connectivity index (χ1n) is 6.98. The van der Waals surface area contributed by atoms with Gasteiger partial charge in [-0.15, -0.1) is 0 Å². The zero-order chi connectivity index (χ0) is 14.7. The summed E-state index contributed by atoms with van der Waals surface area (Å²) in [6.45, 7) is 7.40. The third kappa shape index (κ3) is 3.70. The Labute approximate surface area is 129 Å². The third-order valence-electron chi connectivity index (χ3n) is 3.45. The first kappa shape index (κ1) is 15.3. The SMILES string of the molecule is CC(C)c1nn(C)cc1CNC(C)c1ccc(Br)cc1. The number of aryl methyl sites for hydroxylation is 1. The molecule has 2 rings (SSSR count). The Hall–Kier alpha value is -1.13. The molecule has 0 aliphatic rings. The van der Waals surface area contributed by atoms with Crippen LogP contribution in [0.1, 0.15) is 49.6 Å². The summed E-state index contributed by atoms with van der Waals surface area (Å²) in [6.07, 6.45) is 2.11. The minimum Gasteiger partial charge on any atom is -0.306 e. The first-order valence-corrected chi connectivity index (χ1v) is 7.78. The highest BCUT2D eigenvalue weighted by atomic mass is 79.9. The van der Waals surface area contributed by atoms with E-state index in [9.17, 15) is 0 Å². The van der Waals surface area contributed by atoms with Gasteiger partial charge in [0.05, 0.1) is 5.69 Å². The van der Waals surface area contributed by atoms with Crippen molar-refractivity contribution < 1.29 is 0 Å². The Morgan fingerprint density at radius 2 is 1.85 bits per heavy atom. The largest absolute Gasteiger partial charge is 0.306 e. The second kappa shape index (κ2) is 6.55. The Bertz CT molecular complexity index is 558. The maximum atomic E-state index is 4.54. The number of nitrogens with one attached hydrogen (secondary N) is 1. The molecule has 0 bridgehead atoms. The summed E-state index contributed by atoms with van der Waals surface area (Å²) in [5.41, 5.74) is 3.76. The third-order valence-corrected chi connectivity index (χ3v) is 3.98. The lowest BCUT2D eigenvalue weighted by molar-refractivity contribution is 0.570. The highest BCUT2D eigenvalue weighted by Crippen LogP contribution is 2.20. The van der Waals surface area contributed by atoms with Gasteiger partial charge in [0.2, 0.25) is 0 Å². The van der Waals surface area contributed by atoms with Crippen molar-refractivity contribution in [3.63, 3.8) is 0 Å². The van der Waals surface area contributed by atoms with Crippen molar-refractivity contribution in [3.8, 4) is 0 Å². The Morgan fingerprint density at radius 1 is 1.20 bits per heavy atom. The molecular formula is C16H22BrN3. The van der Waals surface area contributed by atoms with Crippen LogP contribution in [0.2, 0.25) is 0 Å². The summed E-state index contributed by atoms with van der Waals surface area (Å²) < 4.78 is 3.01. The lowest BCUT2D eigenvalue weighted by atomic mass is 10.1. The van der Waals surface area contributed by atoms with Crippen LogP contribution in [0.25, 0.3) is 0 Å². The van der Waals surface area contributed by atoms with Gasteiger partial charge in [0.1, 0.15) is 0 Å². The highest BCUT2D eigenvalue weighted by Gasteiger charge is 2.12. The molecule has 1 atom stereocenters. The second-order valence-corrected chi connectivity index (χ2v) is 6.44. The lowest BCUT2D eigenvalue weighted by Crippen LogP contribution is -2.18. The second-order valence-electron chi connectivity index (χ2n) is 5.52. The molecule has 108 valence electrons. The molecule has 3 nitrogen and oxygen atoms in total. The van der Waals surface area contributed by atoms with Gasteiger partial charge in [0, 0.05) is 35.9 Å². The number of hydrogen-bond donors (Lipinski definition) is 1. The molecular weight excluding hydrogens is 314 g/mol. The molecule has 0 radical (unpaired) electrons. The van der Waals surface area contributed by atoms with Gasteiger partial charge in [-0.1, -0.05) is 41.9 Å². The predicted molar refractivity (Wildman–Crippen MR) is 86.7 cm³/mol. The minimum absolute atomic E-state index is 0.323. The first-order chi connectivity index (χ1) is 9.47. The van der Waals surface area contributed by atoms with Crippen molar-refractivity contribution in [3.05, 3.63) is 51.8 Å². The molecule has 20 heavy (non-hydrogen) atoms. The average Bonchev–Trinajstić information content (AvgIpc) is 2.78. The predicted octanol–water partition coefficient (Wildman–Crippen LogP) is 4.16. The molecule has 0 saturated heterocycles. The topological polar surface area (TPSA) is 29.9 Å². The van der Waals surface area contributed by atoms with E-state index in [1.54, 1.807) is 0 Å². The van der Waals surface area contributed by atoms with Gasteiger partial charge in [0.25, 0.3) is 0 Å². The Kier molecular flexibility index (Phi) is 5.00. The Balaban J connectivity index is 2.03. The molecule has 1 heterocycles. The fraction of sp³-hybridized carbons (Fsp3) is 0.438. The highest BCUT2D eigenvalue weighted by molar-refractivity contribution is 9.10. The molecule has 1 unspecified atom stereocenters. The molecule has 2 aromatic rings. The van der Waals surface area contributed by atoms with Crippen molar-refractivity contribution in [2.75, 3.05) is 0 Å². The molecule has 1 aromatic heterocycles. The van der Waals surface area contributed by atoms with Crippen LogP contribution in [-0.2, 0) is 13.6 Å². The summed E-state index contributed by atoms with van der Waals surface area (Å²) in [7, 11) is 1.98. The van der Waals surface area contributed by atoms with E-state index in [2.05, 4.69) is 77.6 Å². The summed E-state index contributed by atoms with van der Waals surface area (Å²) in [4.78, 5) is 0. The van der Waals surface area contributed by atoms with Crippen LogP contribution < -0.4 is 5.32 Å². The van der Waals surface area contributed by atoms with Crippen LogP contribution >= 0.6 is 15.9 Å².